The molecule has 0 atom stereocenters. The molecule has 0 aliphatic rings. The summed E-state index contributed by atoms with van der Waals surface area (Å²) in [5.74, 6) is 0.241. The Hall–Kier alpha value is -0.790. The summed E-state index contributed by atoms with van der Waals surface area (Å²) in [5.41, 5.74) is 5.94. The number of nitrogen functional groups attached to an aromatic ring is 1. The monoisotopic (exact) mass is 294 g/mol. The van der Waals surface area contributed by atoms with E-state index in [4.69, 9.17) is 10.5 Å². The molecule has 15 heavy (non-hydrogen) atoms. The van der Waals surface area contributed by atoms with Crippen molar-refractivity contribution in [2.75, 3.05) is 19.9 Å². The van der Waals surface area contributed by atoms with Gasteiger partial charge in [-0.05, 0) is 35.1 Å². The fourth-order valence-electron chi connectivity index (χ4n) is 1.03. The molecule has 84 valence electrons. The van der Waals surface area contributed by atoms with Crippen LogP contribution in [0, 0.1) is 0 Å². The van der Waals surface area contributed by atoms with Gasteiger partial charge in [-0.15, -0.1) is 0 Å². The van der Waals surface area contributed by atoms with Crippen LogP contribution in [0.15, 0.2) is 21.5 Å². The Morgan fingerprint density at radius 2 is 2.07 bits per heavy atom. The lowest BCUT2D eigenvalue weighted by atomic mass is 10.3. The number of methoxy groups -OCH3 is 1. The summed E-state index contributed by atoms with van der Waals surface area (Å²) in [6.07, 6.45) is 0. The maximum atomic E-state index is 11.6. The van der Waals surface area contributed by atoms with E-state index >= 15 is 0 Å². The SMILES string of the molecule is CNS(=O)(=O)c1cc(N)c(Br)cc1OC. The fraction of sp³-hybridized carbons (Fsp3) is 0.250. The summed E-state index contributed by atoms with van der Waals surface area (Å²) in [6, 6.07) is 2.86. The number of halogens is 1. The first kappa shape index (κ1) is 12.3. The summed E-state index contributed by atoms with van der Waals surface area (Å²) in [7, 11) is -0.834. The van der Waals surface area contributed by atoms with E-state index in [9.17, 15) is 8.42 Å². The molecule has 0 aromatic heterocycles. The van der Waals surface area contributed by atoms with E-state index in [2.05, 4.69) is 20.7 Å². The van der Waals surface area contributed by atoms with Gasteiger partial charge in [0, 0.05) is 10.2 Å². The maximum Gasteiger partial charge on any atom is 0.244 e. The molecular weight excluding hydrogens is 284 g/mol. The Bertz CT molecular complexity index is 473. The highest BCUT2D eigenvalue weighted by Crippen LogP contribution is 2.31. The second kappa shape index (κ2) is 4.38. The molecule has 7 heteroatoms. The molecule has 0 spiro atoms. The van der Waals surface area contributed by atoms with Gasteiger partial charge in [-0.2, -0.15) is 0 Å². The second-order valence-corrected chi connectivity index (χ2v) is 5.44. The summed E-state index contributed by atoms with van der Waals surface area (Å²) in [6.45, 7) is 0. The number of nitrogens with one attached hydrogen (secondary N) is 1. The third-order valence-corrected chi connectivity index (χ3v) is 3.96. The molecule has 0 heterocycles. The first-order chi connectivity index (χ1) is 6.92. The lowest BCUT2D eigenvalue weighted by Gasteiger charge is -2.10. The van der Waals surface area contributed by atoms with Crippen molar-refractivity contribution in [2.24, 2.45) is 0 Å². The highest BCUT2D eigenvalue weighted by Gasteiger charge is 2.19. The van der Waals surface area contributed by atoms with E-state index in [1.807, 2.05) is 0 Å². The zero-order chi connectivity index (χ0) is 11.6. The van der Waals surface area contributed by atoms with E-state index < -0.39 is 10.0 Å². The van der Waals surface area contributed by atoms with Crippen molar-refractivity contribution in [1.82, 2.24) is 4.72 Å². The zero-order valence-electron chi connectivity index (χ0n) is 8.24. The van der Waals surface area contributed by atoms with E-state index in [1.54, 1.807) is 0 Å². The predicted molar refractivity (Wildman–Crippen MR) is 61.4 cm³/mol. The molecule has 0 bridgehead atoms. The first-order valence-corrected chi connectivity index (χ1v) is 6.26. The van der Waals surface area contributed by atoms with Crippen LogP contribution in [0.1, 0.15) is 0 Å². The van der Waals surface area contributed by atoms with Crippen molar-refractivity contribution in [3.05, 3.63) is 16.6 Å². The molecule has 0 aliphatic carbocycles. The number of ether oxygens (including phenoxy) is 1. The first-order valence-electron chi connectivity index (χ1n) is 3.99. The summed E-state index contributed by atoms with van der Waals surface area (Å²) in [4.78, 5) is 0.0215. The number of benzene rings is 1. The van der Waals surface area contributed by atoms with Crippen molar-refractivity contribution < 1.29 is 13.2 Å². The van der Waals surface area contributed by atoms with Gasteiger partial charge in [0.05, 0.1) is 7.11 Å². The lowest BCUT2D eigenvalue weighted by Crippen LogP contribution is -2.19. The van der Waals surface area contributed by atoms with Crippen LogP contribution in [0.5, 0.6) is 5.75 Å². The highest BCUT2D eigenvalue weighted by atomic mass is 79.9. The number of sulfonamides is 1. The van der Waals surface area contributed by atoms with Gasteiger partial charge in [0.25, 0.3) is 0 Å². The summed E-state index contributed by atoms with van der Waals surface area (Å²) in [5, 5.41) is 0. The molecule has 0 radical (unpaired) electrons. The molecule has 0 unspecified atom stereocenters. The zero-order valence-corrected chi connectivity index (χ0v) is 10.6. The van der Waals surface area contributed by atoms with Crippen LogP contribution >= 0.6 is 15.9 Å². The maximum absolute atomic E-state index is 11.6. The highest BCUT2D eigenvalue weighted by molar-refractivity contribution is 9.10. The third-order valence-electron chi connectivity index (χ3n) is 1.84. The van der Waals surface area contributed by atoms with Gasteiger partial charge in [0.2, 0.25) is 10.0 Å². The van der Waals surface area contributed by atoms with E-state index in [0.717, 1.165) is 0 Å². The van der Waals surface area contributed by atoms with Crippen LogP contribution in [0.3, 0.4) is 0 Å². The van der Waals surface area contributed by atoms with Crippen LogP contribution in [-0.4, -0.2) is 22.6 Å². The van der Waals surface area contributed by atoms with Gasteiger partial charge in [-0.1, -0.05) is 0 Å². The topological polar surface area (TPSA) is 81.4 Å². The van der Waals surface area contributed by atoms with Crippen molar-refractivity contribution in [1.29, 1.82) is 0 Å². The summed E-state index contributed by atoms with van der Waals surface area (Å²) >= 11 is 3.19. The molecule has 1 rings (SSSR count). The quantitative estimate of drug-likeness (QED) is 0.813. The van der Waals surface area contributed by atoms with Gasteiger partial charge < -0.3 is 10.5 Å². The van der Waals surface area contributed by atoms with Crippen molar-refractivity contribution in [3.8, 4) is 5.75 Å². The van der Waals surface area contributed by atoms with Gasteiger partial charge in [0.15, 0.2) is 0 Å². The minimum Gasteiger partial charge on any atom is -0.495 e. The average molecular weight is 295 g/mol. The van der Waals surface area contributed by atoms with Gasteiger partial charge in [-0.25, -0.2) is 13.1 Å². The van der Waals surface area contributed by atoms with E-state index in [0.29, 0.717) is 10.2 Å². The molecule has 0 saturated carbocycles. The Labute approximate surface area is 96.8 Å². The van der Waals surface area contributed by atoms with Crippen LogP contribution in [0.25, 0.3) is 0 Å². The van der Waals surface area contributed by atoms with Crippen LogP contribution in [-0.2, 0) is 10.0 Å². The molecule has 0 fully saturated rings. The van der Waals surface area contributed by atoms with Gasteiger partial charge in [0.1, 0.15) is 10.6 Å². The standard InChI is InChI=1S/C8H11BrN2O3S/c1-11-15(12,13)8-4-6(10)5(9)3-7(8)14-2/h3-4,11H,10H2,1-2H3. The van der Waals surface area contributed by atoms with Crippen molar-refractivity contribution in [2.45, 2.75) is 4.90 Å². The molecule has 1 aromatic rings. The molecule has 0 aliphatic heterocycles. The Balaban J connectivity index is 3.48. The third kappa shape index (κ3) is 2.42. The average Bonchev–Trinajstić information content (AvgIpc) is 2.21. The normalized spacial score (nSPS) is 11.4. The minimum absolute atomic E-state index is 0.0215. The molecule has 3 N–H and O–H groups in total. The minimum atomic E-state index is -3.56. The predicted octanol–water partition coefficient (Wildman–Crippen LogP) is 0.948. The summed E-state index contributed by atoms with van der Waals surface area (Å²) < 4.78 is 30.9. The number of hydrogen-bond donors (Lipinski definition) is 2. The molecule has 0 amide bonds. The number of nitrogens with two attached hydrogens (primary N) is 1. The molecule has 1 aromatic carbocycles. The smallest absolute Gasteiger partial charge is 0.244 e. The van der Waals surface area contributed by atoms with Crippen LogP contribution in [0.4, 0.5) is 5.69 Å². The fourth-order valence-corrected chi connectivity index (χ4v) is 2.26. The van der Waals surface area contributed by atoms with E-state index in [-0.39, 0.29) is 10.6 Å². The second-order valence-electron chi connectivity index (χ2n) is 2.73. The Morgan fingerprint density at radius 1 is 1.47 bits per heavy atom. The van der Waals surface area contributed by atoms with Crippen LogP contribution < -0.4 is 15.2 Å². The van der Waals surface area contributed by atoms with Crippen molar-refractivity contribution >= 4 is 31.6 Å². The number of anilines is 1. The van der Waals surface area contributed by atoms with Gasteiger partial charge in [-0.3, -0.25) is 0 Å². The van der Waals surface area contributed by atoms with Crippen LogP contribution in [0.2, 0.25) is 0 Å². The van der Waals surface area contributed by atoms with E-state index in [1.165, 1.54) is 26.3 Å². The number of rotatable bonds is 3. The lowest BCUT2D eigenvalue weighted by molar-refractivity contribution is 0.402. The molecular formula is C8H11BrN2O3S. The molecule has 5 nitrogen and oxygen atoms in total. The van der Waals surface area contributed by atoms with Gasteiger partial charge >= 0.3 is 0 Å². The largest absolute Gasteiger partial charge is 0.495 e. The van der Waals surface area contributed by atoms with Crippen molar-refractivity contribution in [3.63, 3.8) is 0 Å². The number of hydrogen-bond acceptors (Lipinski definition) is 4. The Morgan fingerprint density at radius 3 is 2.53 bits per heavy atom. The molecule has 0 saturated heterocycles. The Kier molecular flexibility index (Phi) is 3.58.